The molecule has 0 fully saturated rings. The Kier molecular flexibility index (Phi) is 15.9. The maximum atomic E-state index is 10.8. The predicted molar refractivity (Wildman–Crippen MR) is 107 cm³/mol. The van der Waals surface area contributed by atoms with Gasteiger partial charge in [-0.3, -0.25) is 4.55 Å². The molecule has 0 saturated carbocycles. The van der Waals surface area contributed by atoms with E-state index in [4.69, 9.17) is 4.55 Å². The molecule has 0 heterocycles. The normalized spacial score (nSPS) is 12.4. The van der Waals surface area contributed by atoms with Crippen LogP contribution >= 0.6 is 0 Å². The van der Waals surface area contributed by atoms with Crippen LogP contribution in [0.2, 0.25) is 0 Å². The Bertz CT molecular complexity index is 386. The van der Waals surface area contributed by atoms with Crippen molar-refractivity contribution >= 4 is 10.1 Å². The van der Waals surface area contributed by atoms with E-state index in [1.54, 1.807) is 0 Å². The minimum atomic E-state index is -3.84. The van der Waals surface area contributed by atoms with Crippen molar-refractivity contribution in [1.29, 1.82) is 0 Å². The fraction of sp³-hybridized carbons (Fsp3) is 1.00. The summed E-state index contributed by atoms with van der Waals surface area (Å²) in [5.74, 6) is -0.157. The van der Waals surface area contributed by atoms with Gasteiger partial charge in [0.25, 0.3) is 10.1 Å². The van der Waals surface area contributed by atoms with Gasteiger partial charge in [0, 0.05) is 27.2 Å². The van der Waals surface area contributed by atoms with Crippen LogP contribution in [0.4, 0.5) is 0 Å². The molecule has 0 aliphatic rings. The van der Waals surface area contributed by atoms with E-state index in [1.165, 1.54) is 70.6 Å². The van der Waals surface area contributed by atoms with Gasteiger partial charge in [-0.15, -0.1) is 0 Å². The van der Waals surface area contributed by atoms with Crippen LogP contribution in [0.3, 0.4) is 0 Å². The third-order valence-corrected chi connectivity index (χ3v) is 5.46. The Morgan fingerprint density at radius 3 is 1.48 bits per heavy atom. The van der Waals surface area contributed by atoms with Crippen molar-refractivity contribution < 1.29 is 13.0 Å². The molecule has 152 valence electrons. The maximum Gasteiger partial charge on any atom is 0.264 e. The highest BCUT2D eigenvalue weighted by atomic mass is 32.2. The molecule has 0 aliphatic carbocycles. The molecule has 0 aliphatic heterocycles. The van der Waals surface area contributed by atoms with Crippen molar-refractivity contribution in [3.8, 4) is 0 Å². The minimum absolute atomic E-state index is 0.157. The molecule has 0 aromatic rings. The summed E-state index contributed by atoms with van der Waals surface area (Å²) in [5.41, 5.74) is 0. The number of hydrogen-bond acceptors (Lipinski definition) is 4. The molecule has 0 amide bonds. The van der Waals surface area contributed by atoms with Crippen molar-refractivity contribution in [2.45, 2.75) is 90.4 Å². The first kappa shape index (κ1) is 24.8. The summed E-state index contributed by atoms with van der Waals surface area (Å²) in [5, 5.41) is 4.17. The summed E-state index contributed by atoms with van der Waals surface area (Å²) < 4.78 is 30.4. The van der Waals surface area contributed by atoms with Crippen molar-refractivity contribution in [1.82, 2.24) is 10.0 Å². The van der Waals surface area contributed by atoms with Crippen molar-refractivity contribution in [3.05, 3.63) is 0 Å². The molecule has 0 radical (unpaired) electrons. The number of rotatable bonds is 18. The van der Waals surface area contributed by atoms with Crippen LogP contribution in [0, 0.1) is 0 Å². The van der Waals surface area contributed by atoms with E-state index in [2.05, 4.69) is 11.9 Å². The van der Waals surface area contributed by atoms with Crippen LogP contribution in [-0.2, 0) is 10.1 Å². The summed E-state index contributed by atoms with van der Waals surface area (Å²) in [7, 11) is 0.122. The number of hydrogen-bond donors (Lipinski definition) is 1. The van der Waals surface area contributed by atoms with Crippen molar-refractivity contribution in [3.63, 3.8) is 0 Å². The lowest BCUT2D eigenvalue weighted by Gasteiger charge is -2.28. The Balaban J connectivity index is 3.50. The quantitative estimate of drug-likeness (QED) is 0.212. The Labute approximate surface area is 156 Å². The molecule has 0 spiro atoms. The van der Waals surface area contributed by atoms with Gasteiger partial charge in [0.05, 0.1) is 5.75 Å². The van der Waals surface area contributed by atoms with Crippen LogP contribution < -0.4 is 0 Å². The lowest BCUT2D eigenvalue weighted by Crippen LogP contribution is -2.39. The standard InChI is InChI=1S/C19H42N2O3S/c1-4-5-6-7-8-9-10-11-12-13-14-15-17-21(20(2)3)18-16-19-25(22,23)24/h4-19H2,1-3H3,(H,22,23,24). The van der Waals surface area contributed by atoms with Gasteiger partial charge in [-0.1, -0.05) is 77.6 Å². The minimum Gasteiger partial charge on any atom is -0.286 e. The van der Waals surface area contributed by atoms with E-state index in [0.29, 0.717) is 13.0 Å². The van der Waals surface area contributed by atoms with Crippen molar-refractivity contribution in [2.24, 2.45) is 0 Å². The van der Waals surface area contributed by atoms with Gasteiger partial charge in [0.1, 0.15) is 0 Å². The molecular formula is C19H42N2O3S. The fourth-order valence-corrected chi connectivity index (χ4v) is 3.57. The molecule has 0 saturated heterocycles. The van der Waals surface area contributed by atoms with Gasteiger partial charge in [0.15, 0.2) is 0 Å². The second kappa shape index (κ2) is 16.0. The number of unbranched alkanes of at least 4 members (excludes halogenated alkanes) is 11. The zero-order valence-electron chi connectivity index (χ0n) is 16.9. The van der Waals surface area contributed by atoms with Crippen LogP contribution in [0.25, 0.3) is 0 Å². The topological polar surface area (TPSA) is 60.9 Å². The second-order valence-corrected chi connectivity index (χ2v) is 8.90. The maximum absolute atomic E-state index is 10.8. The zero-order chi connectivity index (χ0) is 19.0. The smallest absolute Gasteiger partial charge is 0.264 e. The summed E-state index contributed by atoms with van der Waals surface area (Å²) in [6, 6.07) is 0. The van der Waals surface area contributed by atoms with Gasteiger partial charge >= 0.3 is 0 Å². The zero-order valence-corrected chi connectivity index (χ0v) is 17.7. The number of nitrogens with zero attached hydrogens (tertiary/aromatic N) is 2. The summed E-state index contributed by atoms with van der Waals surface area (Å²) in [6.07, 6.45) is 16.5. The molecule has 6 heteroatoms. The van der Waals surface area contributed by atoms with E-state index < -0.39 is 10.1 Å². The largest absolute Gasteiger partial charge is 0.286 e. The van der Waals surface area contributed by atoms with E-state index in [0.717, 1.165) is 13.0 Å². The van der Waals surface area contributed by atoms with Gasteiger partial charge in [-0.05, 0) is 12.8 Å². The molecule has 0 aromatic carbocycles. The first-order chi connectivity index (χ1) is 11.9. The number of hydrazine groups is 1. The van der Waals surface area contributed by atoms with Gasteiger partial charge in [0.2, 0.25) is 0 Å². The lowest BCUT2D eigenvalue weighted by molar-refractivity contribution is 0.0236. The highest BCUT2D eigenvalue weighted by molar-refractivity contribution is 7.85. The molecular weight excluding hydrogens is 336 g/mol. The lowest BCUT2D eigenvalue weighted by atomic mass is 10.1. The Morgan fingerprint density at radius 1 is 0.680 bits per heavy atom. The highest BCUT2D eigenvalue weighted by Gasteiger charge is 2.10. The average Bonchev–Trinajstić information content (AvgIpc) is 2.52. The molecule has 0 unspecified atom stereocenters. The van der Waals surface area contributed by atoms with Crippen LogP contribution in [0.5, 0.6) is 0 Å². The summed E-state index contributed by atoms with van der Waals surface area (Å²) in [4.78, 5) is 0. The molecule has 0 aromatic heterocycles. The SMILES string of the molecule is CCCCCCCCCCCCCCN(CCCS(=O)(=O)O)N(C)C. The highest BCUT2D eigenvalue weighted by Crippen LogP contribution is 2.12. The van der Waals surface area contributed by atoms with Crippen LogP contribution in [-0.4, -0.2) is 55.9 Å². The van der Waals surface area contributed by atoms with E-state index in [-0.39, 0.29) is 5.75 Å². The van der Waals surface area contributed by atoms with Crippen molar-refractivity contribution in [2.75, 3.05) is 32.9 Å². The van der Waals surface area contributed by atoms with Gasteiger partial charge in [-0.2, -0.15) is 8.42 Å². The summed E-state index contributed by atoms with van der Waals surface area (Å²) in [6.45, 7) is 3.89. The van der Waals surface area contributed by atoms with Gasteiger partial charge < -0.3 is 0 Å². The van der Waals surface area contributed by atoms with E-state index >= 15 is 0 Å². The molecule has 1 N–H and O–H groups in total. The average molecular weight is 379 g/mol. The third kappa shape index (κ3) is 18.4. The molecule has 0 rings (SSSR count). The Hall–Kier alpha value is -0.170. The van der Waals surface area contributed by atoms with Crippen LogP contribution in [0.15, 0.2) is 0 Å². The second-order valence-electron chi connectivity index (χ2n) is 7.33. The van der Waals surface area contributed by atoms with E-state index in [9.17, 15) is 8.42 Å². The fourth-order valence-electron chi connectivity index (χ4n) is 3.08. The van der Waals surface area contributed by atoms with E-state index in [1.807, 2.05) is 19.1 Å². The third-order valence-electron chi connectivity index (χ3n) is 4.65. The summed E-state index contributed by atoms with van der Waals surface area (Å²) >= 11 is 0. The monoisotopic (exact) mass is 378 g/mol. The van der Waals surface area contributed by atoms with Gasteiger partial charge in [-0.25, -0.2) is 10.0 Å². The molecule has 0 atom stereocenters. The Morgan fingerprint density at radius 2 is 1.08 bits per heavy atom. The van der Waals surface area contributed by atoms with Crippen LogP contribution in [0.1, 0.15) is 90.4 Å². The first-order valence-corrected chi connectivity index (χ1v) is 11.8. The first-order valence-electron chi connectivity index (χ1n) is 10.2. The molecule has 0 bridgehead atoms. The molecule has 5 nitrogen and oxygen atoms in total. The molecule has 25 heavy (non-hydrogen) atoms. The predicted octanol–water partition coefficient (Wildman–Crippen LogP) is 4.74.